The molecular formula is C17H18N6O2. The van der Waals surface area contributed by atoms with Gasteiger partial charge in [0.15, 0.2) is 0 Å². The van der Waals surface area contributed by atoms with Gasteiger partial charge in [-0.3, -0.25) is 9.78 Å². The number of carbonyl (C=O) groups is 1. The SMILES string of the molecule is O=C(Cn1ccnc1)N1CCCC[C@@H]1c1nc(-c2ccncc2)no1. The van der Waals surface area contributed by atoms with E-state index in [0.717, 1.165) is 24.8 Å². The zero-order valence-electron chi connectivity index (χ0n) is 13.7. The van der Waals surface area contributed by atoms with E-state index in [4.69, 9.17) is 4.52 Å². The Kier molecular flexibility index (Phi) is 4.24. The fourth-order valence-electron chi connectivity index (χ4n) is 3.10. The molecule has 1 amide bonds. The summed E-state index contributed by atoms with van der Waals surface area (Å²) in [4.78, 5) is 27.0. The Morgan fingerprint density at radius 2 is 2.08 bits per heavy atom. The molecule has 8 heteroatoms. The van der Waals surface area contributed by atoms with Gasteiger partial charge in [0.25, 0.3) is 0 Å². The molecular weight excluding hydrogens is 320 g/mol. The molecule has 0 spiro atoms. The second kappa shape index (κ2) is 6.84. The van der Waals surface area contributed by atoms with Crippen molar-refractivity contribution in [3.63, 3.8) is 0 Å². The summed E-state index contributed by atoms with van der Waals surface area (Å²) in [5.41, 5.74) is 0.845. The molecule has 0 saturated carbocycles. The Morgan fingerprint density at radius 3 is 2.88 bits per heavy atom. The number of carbonyl (C=O) groups excluding carboxylic acids is 1. The Hall–Kier alpha value is -3.03. The molecule has 1 atom stereocenters. The van der Waals surface area contributed by atoms with Gasteiger partial charge in [0.2, 0.25) is 17.6 Å². The predicted molar refractivity (Wildman–Crippen MR) is 88.1 cm³/mol. The summed E-state index contributed by atoms with van der Waals surface area (Å²) in [5, 5.41) is 4.06. The van der Waals surface area contributed by atoms with Crippen molar-refractivity contribution in [1.29, 1.82) is 0 Å². The van der Waals surface area contributed by atoms with Gasteiger partial charge < -0.3 is 14.0 Å². The first-order valence-electron chi connectivity index (χ1n) is 8.30. The van der Waals surface area contributed by atoms with Crippen molar-refractivity contribution in [3.8, 4) is 11.4 Å². The number of hydrogen-bond donors (Lipinski definition) is 0. The largest absolute Gasteiger partial charge is 0.337 e. The van der Waals surface area contributed by atoms with Crippen LogP contribution in [0.25, 0.3) is 11.4 Å². The van der Waals surface area contributed by atoms with Crippen LogP contribution in [0.5, 0.6) is 0 Å². The Balaban J connectivity index is 1.55. The van der Waals surface area contributed by atoms with Crippen LogP contribution < -0.4 is 0 Å². The molecule has 0 aliphatic carbocycles. The molecule has 0 bridgehead atoms. The van der Waals surface area contributed by atoms with Crippen LogP contribution in [0.3, 0.4) is 0 Å². The molecule has 0 unspecified atom stereocenters. The number of aromatic nitrogens is 5. The van der Waals surface area contributed by atoms with Gasteiger partial charge in [0.1, 0.15) is 12.6 Å². The van der Waals surface area contributed by atoms with Crippen molar-refractivity contribution in [1.82, 2.24) is 29.6 Å². The highest BCUT2D eigenvalue weighted by molar-refractivity contribution is 5.76. The zero-order valence-corrected chi connectivity index (χ0v) is 13.7. The van der Waals surface area contributed by atoms with Crippen LogP contribution >= 0.6 is 0 Å². The van der Waals surface area contributed by atoms with E-state index in [9.17, 15) is 4.79 Å². The standard InChI is InChI=1S/C17H18N6O2/c24-15(11-22-10-8-19-12-22)23-9-2-1-3-14(23)17-20-16(21-25-17)13-4-6-18-7-5-13/h4-8,10,12,14H,1-3,9,11H2/t14-/m1/s1. The number of amides is 1. The van der Waals surface area contributed by atoms with Crippen LogP contribution in [0, 0.1) is 0 Å². The van der Waals surface area contributed by atoms with Gasteiger partial charge in [-0.05, 0) is 31.4 Å². The van der Waals surface area contributed by atoms with Crippen LogP contribution in [-0.2, 0) is 11.3 Å². The quantitative estimate of drug-likeness (QED) is 0.723. The lowest BCUT2D eigenvalue weighted by atomic mass is 10.0. The van der Waals surface area contributed by atoms with Gasteiger partial charge in [-0.1, -0.05) is 5.16 Å². The minimum atomic E-state index is -0.173. The van der Waals surface area contributed by atoms with Crippen molar-refractivity contribution < 1.29 is 9.32 Å². The molecule has 3 aromatic heterocycles. The Labute approximate surface area is 144 Å². The van der Waals surface area contributed by atoms with E-state index in [2.05, 4.69) is 20.1 Å². The normalized spacial score (nSPS) is 17.6. The van der Waals surface area contributed by atoms with Crippen LogP contribution in [0.4, 0.5) is 0 Å². The molecule has 4 rings (SSSR count). The monoisotopic (exact) mass is 338 g/mol. The molecule has 0 N–H and O–H groups in total. The highest BCUT2D eigenvalue weighted by atomic mass is 16.5. The van der Waals surface area contributed by atoms with E-state index >= 15 is 0 Å². The zero-order chi connectivity index (χ0) is 17.1. The lowest BCUT2D eigenvalue weighted by Gasteiger charge is -2.33. The summed E-state index contributed by atoms with van der Waals surface area (Å²) >= 11 is 0. The van der Waals surface area contributed by atoms with E-state index in [1.165, 1.54) is 0 Å². The number of nitrogens with zero attached hydrogens (tertiary/aromatic N) is 6. The highest BCUT2D eigenvalue weighted by Gasteiger charge is 2.32. The van der Waals surface area contributed by atoms with Gasteiger partial charge in [0, 0.05) is 36.9 Å². The Morgan fingerprint density at radius 1 is 1.20 bits per heavy atom. The molecule has 1 aliphatic rings. The van der Waals surface area contributed by atoms with E-state index in [-0.39, 0.29) is 18.5 Å². The molecule has 0 aromatic carbocycles. The van der Waals surface area contributed by atoms with Crippen LogP contribution in [0.1, 0.15) is 31.2 Å². The van der Waals surface area contributed by atoms with Gasteiger partial charge in [0.05, 0.1) is 6.33 Å². The summed E-state index contributed by atoms with van der Waals surface area (Å²) < 4.78 is 7.25. The maximum absolute atomic E-state index is 12.7. The van der Waals surface area contributed by atoms with E-state index in [1.54, 1.807) is 35.7 Å². The second-order valence-corrected chi connectivity index (χ2v) is 6.03. The predicted octanol–water partition coefficient (Wildman–Crippen LogP) is 2.08. The van der Waals surface area contributed by atoms with Crippen molar-refractivity contribution in [2.45, 2.75) is 31.8 Å². The van der Waals surface area contributed by atoms with E-state index in [0.29, 0.717) is 18.3 Å². The highest BCUT2D eigenvalue weighted by Crippen LogP contribution is 2.31. The smallest absolute Gasteiger partial charge is 0.249 e. The van der Waals surface area contributed by atoms with Gasteiger partial charge in [-0.15, -0.1) is 0 Å². The first-order valence-corrected chi connectivity index (χ1v) is 8.30. The summed E-state index contributed by atoms with van der Waals surface area (Å²) in [7, 11) is 0. The molecule has 1 aliphatic heterocycles. The molecule has 4 heterocycles. The topological polar surface area (TPSA) is 89.9 Å². The molecule has 1 saturated heterocycles. The van der Waals surface area contributed by atoms with Crippen molar-refractivity contribution in [2.75, 3.05) is 6.54 Å². The summed E-state index contributed by atoms with van der Waals surface area (Å²) in [6.07, 6.45) is 11.3. The first kappa shape index (κ1) is 15.5. The number of pyridine rings is 1. The van der Waals surface area contributed by atoms with Crippen LogP contribution in [-0.4, -0.2) is 42.0 Å². The van der Waals surface area contributed by atoms with E-state index < -0.39 is 0 Å². The number of hydrogen-bond acceptors (Lipinski definition) is 6. The number of likely N-dealkylation sites (tertiary alicyclic amines) is 1. The minimum Gasteiger partial charge on any atom is -0.337 e. The van der Waals surface area contributed by atoms with Gasteiger partial charge >= 0.3 is 0 Å². The number of piperidine rings is 1. The lowest BCUT2D eigenvalue weighted by molar-refractivity contribution is -0.136. The first-order chi connectivity index (χ1) is 12.3. The van der Waals surface area contributed by atoms with Crippen molar-refractivity contribution >= 4 is 5.91 Å². The fourth-order valence-corrected chi connectivity index (χ4v) is 3.10. The summed E-state index contributed by atoms with van der Waals surface area (Å²) in [6, 6.07) is 3.49. The third kappa shape index (κ3) is 3.28. The third-order valence-corrected chi connectivity index (χ3v) is 4.37. The number of rotatable bonds is 4. The second-order valence-electron chi connectivity index (χ2n) is 6.03. The lowest BCUT2D eigenvalue weighted by Crippen LogP contribution is -2.40. The maximum Gasteiger partial charge on any atom is 0.249 e. The van der Waals surface area contributed by atoms with Crippen LogP contribution in [0.2, 0.25) is 0 Å². The summed E-state index contributed by atoms with van der Waals surface area (Å²) in [5.74, 6) is 1.04. The summed E-state index contributed by atoms with van der Waals surface area (Å²) in [6.45, 7) is 0.965. The average molecular weight is 338 g/mol. The average Bonchev–Trinajstić information content (AvgIpc) is 3.34. The van der Waals surface area contributed by atoms with E-state index in [1.807, 2.05) is 17.0 Å². The molecule has 3 aromatic rings. The van der Waals surface area contributed by atoms with Crippen molar-refractivity contribution in [2.24, 2.45) is 0 Å². The third-order valence-electron chi connectivity index (χ3n) is 4.37. The van der Waals surface area contributed by atoms with Crippen molar-refractivity contribution in [3.05, 3.63) is 49.1 Å². The maximum atomic E-state index is 12.7. The minimum absolute atomic E-state index is 0.0337. The Bertz CT molecular complexity index is 830. The fraction of sp³-hybridized carbons (Fsp3) is 0.353. The molecule has 8 nitrogen and oxygen atoms in total. The van der Waals surface area contributed by atoms with Gasteiger partial charge in [-0.25, -0.2) is 4.98 Å². The van der Waals surface area contributed by atoms with Gasteiger partial charge in [-0.2, -0.15) is 4.98 Å². The molecule has 0 radical (unpaired) electrons. The molecule has 25 heavy (non-hydrogen) atoms. The molecule has 128 valence electrons. The molecule has 1 fully saturated rings. The van der Waals surface area contributed by atoms with Crippen LogP contribution in [0.15, 0.2) is 47.8 Å². The number of imidazole rings is 1.